The first-order chi connectivity index (χ1) is 11.8. The van der Waals surface area contributed by atoms with Crippen molar-refractivity contribution in [1.82, 2.24) is 10.6 Å². The number of carbonyl (C=O) groups excluding carboxylic acids is 3. The molecule has 0 heterocycles. The minimum atomic E-state index is -0.627. The van der Waals surface area contributed by atoms with Crippen LogP contribution in [0.15, 0.2) is 30.3 Å². The third-order valence-electron chi connectivity index (χ3n) is 3.68. The molecule has 5 nitrogen and oxygen atoms in total. The maximum atomic E-state index is 12.6. The summed E-state index contributed by atoms with van der Waals surface area (Å²) >= 11 is 1.43. The molecule has 0 saturated heterocycles. The lowest BCUT2D eigenvalue weighted by molar-refractivity contribution is -0.130. The van der Waals surface area contributed by atoms with Gasteiger partial charge in [0.05, 0.1) is 11.8 Å². The summed E-state index contributed by atoms with van der Waals surface area (Å²) in [5.41, 5.74) is 0.988. The van der Waals surface area contributed by atoms with Gasteiger partial charge in [-0.1, -0.05) is 44.2 Å². The Morgan fingerprint density at radius 1 is 1.04 bits per heavy atom. The van der Waals surface area contributed by atoms with Crippen molar-refractivity contribution in [3.05, 3.63) is 35.9 Å². The number of ketones is 1. The Morgan fingerprint density at radius 2 is 1.68 bits per heavy atom. The third kappa shape index (κ3) is 8.20. The highest BCUT2D eigenvalue weighted by molar-refractivity contribution is 7.99. The van der Waals surface area contributed by atoms with E-state index in [4.69, 9.17) is 0 Å². The summed E-state index contributed by atoms with van der Waals surface area (Å²) in [5, 5.41) is 5.53. The quantitative estimate of drug-likeness (QED) is 0.667. The van der Waals surface area contributed by atoms with Gasteiger partial charge >= 0.3 is 0 Å². The van der Waals surface area contributed by atoms with E-state index in [1.54, 1.807) is 0 Å². The van der Waals surface area contributed by atoms with Crippen LogP contribution in [0.4, 0.5) is 0 Å². The molecule has 0 spiro atoms. The first-order valence-electron chi connectivity index (χ1n) is 8.46. The molecule has 0 aliphatic heterocycles. The first kappa shape index (κ1) is 21.2. The molecule has 25 heavy (non-hydrogen) atoms. The molecular weight excluding hydrogens is 336 g/mol. The maximum Gasteiger partial charge on any atom is 0.243 e. The molecule has 0 fully saturated rings. The Kier molecular flexibility index (Phi) is 9.27. The summed E-state index contributed by atoms with van der Waals surface area (Å²) in [5.74, 6) is 0.00952. The number of rotatable bonds is 10. The van der Waals surface area contributed by atoms with Crippen LogP contribution in [0.5, 0.6) is 0 Å². The van der Waals surface area contributed by atoms with Gasteiger partial charge in [0.15, 0.2) is 5.78 Å². The summed E-state index contributed by atoms with van der Waals surface area (Å²) < 4.78 is 0. The second-order valence-electron chi connectivity index (χ2n) is 6.53. The van der Waals surface area contributed by atoms with Gasteiger partial charge in [0, 0.05) is 6.92 Å². The zero-order valence-electron chi connectivity index (χ0n) is 15.4. The SMILES string of the molecule is CSCC(=O)[C@H](Cc1ccccc1)NC(=O)[C@H](CC(C)C)NC(C)=O. The van der Waals surface area contributed by atoms with E-state index in [0.29, 0.717) is 18.6 Å². The standard InChI is InChI=1S/C19H28N2O3S/c1-13(2)10-17(20-14(3)22)19(24)21-16(18(23)12-25-4)11-15-8-6-5-7-9-15/h5-9,13,16-17H,10-12H2,1-4H3,(H,20,22)(H,21,24)/t16-,17-/m0/s1. The van der Waals surface area contributed by atoms with Gasteiger partial charge in [-0.25, -0.2) is 0 Å². The Labute approximate surface area is 154 Å². The van der Waals surface area contributed by atoms with Crippen LogP contribution in [0.2, 0.25) is 0 Å². The van der Waals surface area contributed by atoms with Crippen LogP contribution >= 0.6 is 11.8 Å². The highest BCUT2D eigenvalue weighted by Gasteiger charge is 2.26. The first-order valence-corrected chi connectivity index (χ1v) is 9.86. The van der Waals surface area contributed by atoms with Crippen molar-refractivity contribution in [1.29, 1.82) is 0 Å². The predicted octanol–water partition coefficient (Wildman–Crippen LogP) is 2.20. The molecule has 1 rings (SSSR count). The van der Waals surface area contributed by atoms with Crippen molar-refractivity contribution in [3.63, 3.8) is 0 Å². The van der Waals surface area contributed by atoms with E-state index in [1.807, 2.05) is 50.4 Å². The van der Waals surface area contributed by atoms with Crippen molar-refractivity contribution < 1.29 is 14.4 Å². The highest BCUT2D eigenvalue weighted by atomic mass is 32.2. The van der Waals surface area contributed by atoms with Gasteiger partial charge in [-0.2, -0.15) is 11.8 Å². The molecule has 0 saturated carbocycles. The van der Waals surface area contributed by atoms with Gasteiger partial charge in [0.2, 0.25) is 11.8 Å². The number of carbonyl (C=O) groups is 3. The lowest BCUT2D eigenvalue weighted by atomic mass is 10.00. The monoisotopic (exact) mass is 364 g/mol. The Balaban J connectivity index is 2.87. The maximum absolute atomic E-state index is 12.6. The van der Waals surface area contributed by atoms with Crippen molar-refractivity contribution in [3.8, 4) is 0 Å². The molecule has 6 heteroatoms. The molecule has 0 aliphatic carbocycles. The normalized spacial score (nSPS) is 13.2. The van der Waals surface area contributed by atoms with Gasteiger partial charge in [-0.15, -0.1) is 0 Å². The van der Waals surface area contributed by atoms with Crippen LogP contribution in [-0.4, -0.2) is 41.7 Å². The number of benzene rings is 1. The van der Waals surface area contributed by atoms with E-state index in [1.165, 1.54) is 18.7 Å². The van der Waals surface area contributed by atoms with Crippen molar-refractivity contribution in [2.75, 3.05) is 12.0 Å². The second-order valence-corrected chi connectivity index (χ2v) is 7.40. The lowest BCUT2D eigenvalue weighted by Crippen LogP contribution is -2.52. The van der Waals surface area contributed by atoms with Gasteiger partial charge < -0.3 is 10.6 Å². The minimum Gasteiger partial charge on any atom is -0.345 e. The van der Waals surface area contributed by atoms with Crippen LogP contribution in [0.25, 0.3) is 0 Å². The number of hydrogen-bond donors (Lipinski definition) is 2. The fourth-order valence-electron chi connectivity index (χ4n) is 2.56. The molecule has 0 aromatic heterocycles. The second kappa shape index (κ2) is 10.9. The average molecular weight is 365 g/mol. The summed E-state index contributed by atoms with van der Waals surface area (Å²) in [6.07, 6.45) is 2.83. The van der Waals surface area contributed by atoms with E-state index < -0.39 is 12.1 Å². The van der Waals surface area contributed by atoms with Gasteiger partial charge in [0.25, 0.3) is 0 Å². The highest BCUT2D eigenvalue weighted by Crippen LogP contribution is 2.09. The van der Waals surface area contributed by atoms with E-state index in [0.717, 1.165) is 5.56 Å². The average Bonchev–Trinajstić information content (AvgIpc) is 2.54. The fraction of sp³-hybridized carbons (Fsp3) is 0.526. The zero-order valence-corrected chi connectivity index (χ0v) is 16.2. The summed E-state index contributed by atoms with van der Waals surface area (Å²) in [6.45, 7) is 5.37. The number of nitrogens with one attached hydrogen (secondary N) is 2. The molecule has 1 aromatic carbocycles. The number of hydrogen-bond acceptors (Lipinski definition) is 4. The summed E-state index contributed by atoms with van der Waals surface area (Å²) in [4.78, 5) is 36.5. The van der Waals surface area contributed by atoms with E-state index in [9.17, 15) is 14.4 Å². The zero-order chi connectivity index (χ0) is 18.8. The Bertz CT molecular complexity index is 575. The van der Waals surface area contributed by atoms with Crippen LogP contribution in [0.1, 0.15) is 32.8 Å². The molecule has 138 valence electrons. The van der Waals surface area contributed by atoms with Crippen molar-refractivity contribution in [2.45, 2.75) is 45.7 Å². The molecular formula is C19H28N2O3S. The fourth-order valence-corrected chi connectivity index (χ4v) is 3.04. The molecule has 0 unspecified atom stereocenters. The predicted molar refractivity (Wildman–Crippen MR) is 103 cm³/mol. The summed E-state index contributed by atoms with van der Waals surface area (Å²) in [6, 6.07) is 8.38. The number of Topliss-reactive ketones (excluding diaryl/α,β-unsaturated/α-hetero) is 1. The Hall–Kier alpha value is -1.82. The number of thioether (sulfide) groups is 1. The minimum absolute atomic E-state index is 0.0178. The van der Waals surface area contributed by atoms with Gasteiger partial charge in [-0.3, -0.25) is 14.4 Å². The molecule has 0 radical (unpaired) electrons. The molecule has 2 amide bonds. The third-order valence-corrected chi connectivity index (χ3v) is 4.25. The topological polar surface area (TPSA) is 75.3 Å². The number of amides is 2. The molecule has 0 aliphatic rings. The van der Waals surface area contributed by atoms with Crippen molar-refractivity contribution in [2.24, 2.45) is 5.92 Å². The van der Waals surface area contributed by atoms with Crippen LogP contribution in [0.3, 0.4) is 0 Å². The molecule has 2 N–H and O–H groups in total. The molecule has 2 atom stereocenters. The smallest absolute Gasteiger partial charge is 0.243 e. The molecule has 0 bridgehead atoms. The van der Waals surface area contributed by atoms with Gasteiger partial charge in [0.1, 0.15) is 6.04 Å². The van der Waals surface area contributed by atoms with Gasteiger partial charge in [-0.05, 0) is 30.6 Å². The summed E-state index contributed by atoms with van der Waals surface area (Å²) in [7, 11) is 0. The van der Waals surface area contributed by atoms with E-state index >= 15 is 0 Å². The van der Waals surface area contributed by atoms with E-state index in [2.05, 4.69) is 10.6 Å². The largest absolute Gasteiger partial charge is 0.345 e. The van der Waals surface area contributed by atoms with E-state index in [-0.39, 0.29) is 23.5 Å². The van der Waals surface area contributed by atoms with Crippen LogP contribution in [-0.2, 0) is 20.8 Å². The van der Waals surface area contributed by atoms with Crippen LogP contribution in [0, 0.1) is 5.92 Å². The van der Waals surface area contributed by atoms with Crippen molar-refractivity contribution >= 4 is 29.4 Å². The Morgan fingerprint density at radius 3 is 2.20 bits per heavy atom. The molecule has 1 aromatic rings. The van der Waals surface area contributed by atoms with Crippen LogP contribution < -0.4 is 10.6 Å². The lowest BCUT2D eigenvalue weighted by Gasteiger charge is -2.23.